The van der Waals surface area contributed by atoms with Gasteiger partial charge in [-0.15, -0.1) is 5.43 Å². The van der Waals surface area contributed by atoms with Crippen molar-refractivity contribution in [2.24, 2.45) is 0 Å². The zero-order valence-corrected chi connectivity index (χ0v) is 9.33. The fourth-order valence-electron chi connectivity index (χ4n) is 1.99. The smallest absolute Gasteiger partial charge is 0.162 e. The van der Waals surface area contributed by atoms with E-state index < -0.39 is 5.03 Å². The van der Waals surface area contributed by atoms with Crippen molar-refractivity contribution in [2.75, 3.05) is 5.43 Å². The van der Waals surface area contributed by atoms with Crippen LogP contribution >= 0.6 is 0 Å². The predicted octanol–water partition coefficient (Wildman–Crippen LogP) is 2.99. The lowest BCUT2D eigenvalue weighted by molar-refractivity contribution is -0.445. The molecule has 2 aromatic carbocycles. The number of hydrogen-bond donors (Lipinski definition) is 1. The summed E-state index contributed by atoms with van der Waals surface area (Å²) in [6.45, 7) is 0. The molecule has 0 fully saturated rings. The first-order valence-corrected chi connectivity index (χ1v) is 5.43. The number of fused-ring (bicyclic) bond motifs is 2. The Morgan fingerprint density at radius 1 is 1.06 bits per heavy atom. The Morgan fingerprint density at radius 2 is 1.83 bits per heavy atom. The van der Waals surface area contributed by atoms with E-state index in [0.29, 0.717) is 5.69 Å². The minimum Gasteiger partial charge on any atom is -0.248 e. The van der Waals surface area contributed by atoms with Crippen molar-refractivity contribution in [3.63, 3.8) is 0 Å². The van der Waals surface area contributed by atoms with Gasteiger partial charge in [0.2, 0.25) is 0 Å². The summed E-state index contributed by atoms with van der Waals surface area (Å²) in [7, 11) is 0. The lowest BCUT2D eigenvalue weighted by Crippen LogP contribution is -2.08. The normalized spacial score (nSPS) is 10.7. The van der Waals surface area contributed by atoms with Gasteiger partial charge in [-0.25, -0.2) is 15.1 Å². The van der Waals surface area contributed by atoms with E-state index in [-0.39, 0.29) is 0 Å². The molecular formula is C13H9N3O2. The Balaban J connectivity index is 2.32. The van der Waals surface area contributed by atoms with Gasteiger partial charge in [0.25, 0.3) is 0 Å². The molecule has 0 unspecified atom stereocenters. The summed E-state index contributed by atoms with van der Waals surface area (Å²) >= 11 is 0. The standard InChI is InChI=1S/C13H9N3O2/c17-16(18)15-13-7-3-6-12-10(13)8-9-4-1-2-5-11(9)14-12/h1-8,15H. The maximum absolute atomic E-state index is 10.6. The van der Waals surface area contributed by atoms with Crippen LogP contribution in [0.5, 0.6) is 0 Å². The number of nitrogens with one attached hydrogen (secondary N) is 1. The molecule has 0 aliphatic carbocycles. The third kappa shape index (κ3) is 1.71. The summed E-state index contributed by atoms with van der Waals surface area (Å²) in [5.74, 6) is 0. The summed E-state index contributed by atoms with van der Waals surface area (Å²) in [6, 6.07) is 14.8. The zero-order valence-electron chi connectivity index (χ0n) is 9.33. The van der Waals surface area contributed by atoms with E-state index in [1.54, 1.807) is 12.1 Å². The van der Waals surface area contributed by atoms with Gasteiger partial charge in [0, 0.05) is 10.8 Å². The number of nitrogens with zero attached hydrogens (tertiary/aromatic N) is 2. The molecular weight excluding hydrogens is 230 g/mol. The van der Waals surface area contributed by atoms with E-state index >= 15 is 0 Å². The molecule has 3 aromatic rings. The van der Waals surface area contributed by atoms with Gasteiger partial charge in [0.1, 0.15) is 5.69 Å². The molecule has 0 saturated carbocycles. The molecule has 0 saturated heterocycles. The molecule has 1 aromatic heterocycles. The lowest BCUT2D eigenvalue weighted by Gasteiger charge is -2.05. The summed E-state index contributed by atoms with van der Waals surface area (Å²) in [5, 5.41) is 11.7. The van der Waals surface area contributed by atoms with E-state index in [1.807, 2.05) is 36.4 Å². The zero-order chi connectivity index (χ0) is 12.5. The molecule has 88 valence electrons. The molecule has 1 N–H and O–H groups in total. The van der Waals surface area contributed by atoms with Gasteiger partial charge in [0.15, 0.2) is 5.03 Å². The topological polar surface area (TPSA) is 68.1 Å². The molecule has 0 aliphatic heterocycles. The molecule has 0 radical (unpaired) electrons. The van der Waals surface area contributed by atoms with Crippen LogP contribution in [0.4, 0.5) is 5.69 Å². The maximum atomic E-state index is 10.6. The number of nitro groups is 1. The van der Waals surface area contributed by atoms with Crippen LogP contribution in [0.15, 0.2) is 48.5 Å². The molecule has 5 heteroatoms. The highest BCUT2D eigenvalue weighted by molar-refractivity contribution is 5.99. The highest BCUT2D eigenvalue weighted by Gasteiger charge is 2.07. The van der Waals surface area contributed by atoms with Crippen LogP contribution in [0.25, 0.3) is 21.8 Å². The highest BCUT2D eigenvalue weighted by Crippen LogP contribution is 2.25. The van der Waals surface area contributed by atoms with Crippen LogP contribution in [0.2, 0.25) is 0 Å². The minimum atomic E-state index is -0.566. The number of para-hydroxylation sites is 1. The fraction of sp³-hybridized carbons (Fsp3) is 0. The van der Waals surface area contributed by atoms with Crippen LogP contribution in [0, 0.1) is 10.1 Å². The van der Waals surface area contributed by atoms with Crippen molar-refractivity contribution in [1.82, 2.24) is 4.98 Å². The van der Waals surface area contributed by atoms with Crippen molar-refractivity contribution < 1.29 is 5.03 Å². The van der Waals surface area contributed by atoms with E-state index in [2.05, 4.69) is 10.4 Å². The Morgan fingerprint density at radius 3 is 2.67 bits per heavy atom. The first-order valence-electron chi connectivity index (χ1n) is 5.43. The van der Waals surface area contributed by atoms with Crippen LogP contribution in [0.3, 0.4) is 0 Å². The van der Waals surface area contributed by atoms with Gasteiger partial charge in [-0.3, -0.25) is 0 Å². The second kappa shape index (κ2) is 3.96. The van der Waals surface area contributed by atoms with Crippen molar-refractivity contribution in [1.29, 1.82) is 0 Å². The van der Waals surface area contributed by atoms with Crippen LogP contribution in [-0.4, -0.2) is 10.0 Å². The van der Waals surface area contributed by atoms with Crippen molar-refractivity contribution in [3.8, 4) is 0 Å². The Kier molecular flexibility index (Phi) is 2.30. The lowest BCUT2D eigenvalue weighted by atomic mass is 10.1. The summed E-state index contributed by atoms with van der Waals surface area (Å²) in [4.78, 5) is 15.0. The van der Waals surface area contributed by atoms with Gasteiger partial charge in [0.05, 0.1) is 11.0 Å². The largest absolute Gasteiger partial charge is 0.248 e. The van der Waals surface area contributed by atoms with Gasteiger partial charge < -0.3 is 0 Å². The number of hydrazine groups is 1. The monoisotopic (exact) mass is 239 g/mol. The fourth-order valence-corrected chi connectivity index (χ4v) is 1.99. The van der Waals surface area contributed by atoms with Crippen LogP contribution in [-0.2, 0) is 0 Å². The molecule has 0 atom stereocenters. The molecule has 0 spiro atoms. The van der Waals surface area contributed by atoms with Crippen molar-refractivity contribution in [3.05, 3.63) is 58.6 Å². The minimum absolute atomic E-state index is 0.454. The predicted molar refractivity (Wildman–Crippen MR) is 69.9 cm³/mol. The van der Waals surface area contributed by atoms with Crippen LogP contribution in [0.1, 0.15) is 0 Å². The SMILES string of the molecule is O=[N+]([O-])Nc1cccc2nc3ccccc3cc12. The maximum Gasteiger partial charge on any atom is 0.162 e. The van der Waals surface area contributed by atoms with Gasteiger partial charge in [-0.2, -0.15) is 0 Å². The van der Waals surface area contributed by atoms with Gasteiger partial charge in [-0.05, 0) is 24.3 Å². The molecule has 18 heavy (non-hydrogen) atoms. The Bertz CT molecular complexity index is 755. The third-order valence-electron chi connectivity index (χ3n) is 2.77. The summed E-state index contributed by atoms with van der Waals surface area (Å²) in [5.41, 5.74) is 4.26. The van der Waals surface area contributed by atoms with Crippen LogP contribution < -0.4 is 5.43 Å². The molecule has 0 amide bonds. The van der Waals surface area contributed by atoms with E-state index in [1.165, 1.54) is 0 Å². The number of hydrogen-bond acceptors (Lipinski definition) is 3. The molecule has 0 aliphatic rings. The van der Waals surface area contributed by atoms with Crippen molar-refractivity contribution in [2.45, 2.75) is 0 Å². The first-order chi connectivity index (χ1) is 8.74. The Labute approximate surface area is 102 Å². The molecule has 1 heterocycles. The second-order valence-corrected chi connectivity index (χ2v) is 3.92. The quantitative estimate of drug-likeness (QED) is 0.424. The molecule has 5 nitrogen and oxygen atoms in total. The average molecular weight is 239 g/mol. The first kappa shape index (κ1) is 10.5. The average Bonchev–Trinajstić information content (AvgIpc) is 2.36. The van der Waals surface area contributed by atoms with E-state index in [4.69, 9.17) is 0 Å². The van der Waals surface area contributed by atoms with Crippen molar-refractivity contribution >= 4 is 27.5 Å². The van der Waals surface area contributed by atoms with Gasteiger partial charge in [-0.1, -0.05) is 24.3 Å². The number of aromatic nitrogens is 1. The Hall–Kier alpha value is -2.69. The third-order valence-corrected chi connectivity index (χ3v) is 2.77. The number of benzene rings is 2. The molecule has 3 rings (SSSR count). The van der Waals surface area contributed by atoms with Gasteiger partial charge >= 0.3 is 0 Å². The summed E-state index contributed by atoms with van der Waals surface area (Å²) < 4.78 is 0. The second-order valence-electron chi connectivity index (χ2n) is 3.92. The number of pyridine rings is 1. The highest BCUT2D eigenvalue weighted by atomic mass is 16.7. The number of rotatable bonds is 2. The number of anilines is 1. The molecule has 0 bridgehead atoms. The van der Waals surface area contributed by atoms with E-state index in [9.17, 15) is 10.1 Å². The van der Waals surface area contributed by atoms with E-state index in [0.717, 1.165) is 21.8 Å². The summed E-state index contributed by atoms with van der Waals surface area (Å²) in [6.07, 6.45) is 0.